The second-order valence-corrected chi connectivity index (χ2v) is 2.76. The minimum atomic E-state index is -1.83. The molecule has 0 aromatic carbocycles. The summed E-state index contributed by atoms with van der Waals surface area (Å²) in [5, 5.41) is 44.5. The molecule has 12 heavy (non-hydrogen) atoms. The number of carbonyl (C=O) groups excluding carboxylic acids is 1. The van der Waals surface area contributed by atoms with Crippen molar-refractivity contribution >= 4 is 5.78 Å². The number of Topliss-reactive ketones (excluding diaryl/α,β-unsaturated/α-hetero) is 1. The molecule has 1 rings (SSSR count). The molecule has 6 heteroatoms. The van der Waals surface area contributed by atoms with Crippen LogP contribution in [0.4, 0.5) is 0 Å². The summed E-state index contributed by atoms with van der Waals surface area (Å²) in [4.78, 5) is 10.8. The molecule has 70 valence electrons. The number of aliphatic hydroxyl groups excluding tert-OH is 5. The smallest absolute Gasteiger partial charge is 0.195 e. The highest BCUT2D eigenvalue weighted by Crippen LogP contribution is 2.17. The molecule has 0 bridgehead atoms. The second-order valence-electron chi connectivity index (χ2n) is 2.76. The Morgan fingerprint density at radius 3 is 1.42 bits per heavy atom. The van der Waals surface area contributed by atoms with Crippen LogP contribution in [0, 0.1) is 0 Å². The fourth-order valence-corrected chi connectivity index (χ4v) is 1.09. The highest BCUT2D eigenvalue weighted by Gasteiger charge is 2.47. The van der Waals surface area contributed by atoms with Crippen LogP contribution in [0.1, 0.15) is 0 Å². The number of rotatable bonds is 0. The summed E-state index contributed by atoms with van der Waals surface area (Å²) < 4.78 is 0. The molecule has 0 aromatic rings. The lowest BCUT2D eigenvalue weighted by Crippen LogP contribution is -2.61. The molecule has 0 aliphatic heterocycles. The first-order valence-corrected chi connectivity index (χ1v) is 3.41. The van der Waals surface area contributed by atoms with Crippen molar-refractivity contribution in [3.8, 4) is 0 Å². The van der Waals surface area contributed by atoms with E-state index in [0.717, 1.165) is 0 Å². The Hall–Kier alpha value is -0.530. The molecule has 1 saturated carbocycles. The number of carbonyl (C=O) groups is 1. The van der Waals surface area contributed by atoms with Gasteiger partial charge in [0, 0.05) is 0 Å². The van der Waals surface area contributed by atoms with Crippen molar-refractivity contribution in [3.05, 3.63) is 0 Å². The van der Waals surface area contributed by atoms with E-state index in [-0.39, 0.29) is 0 Å². The minimum absolute atomic E-state index is 1.08. The van der Waals surface area contributed by atoms with Crippen molar-refractivity contribution in [2.75, 3.05) is 0 Å². The van der Waals surface area contributed by atoms with Crippen molar-refractivity contribution in [2.24, 2.45) is 0 Å². The van der Waals surface area contributed by atoms with Crippen LogP contribution in [0.15, 0.2) is 0 Å². The SMILES string of the molecule is O=C1C(O)[C@@H](O)C(O)[C@@H](O)C1O. The van der Waals surface area contributed by atoms with Crippen LogP contribution in [0.5, 0.6) is 0 Å². The van der Waals surface area contributed by atoms with Crippen LogP contribution in [0.2, 0.25) is 0 Å². The zero-order valence-corrected chi connectivity index (χ0v) is 6.03. The Morgan fingerprint density at radius 1 is 0.750 bits per heavy atom. The van der Waals surface area contributed by atoms with Crippen LogP contribution >= 0.6 is 0 Å². The Bertz CT molecular complexity index is 174. The lowest BCUT2D eigenvalue weighted by atomic mass is 9.86. The highest BCUT2D eigenvalue weighted by atomic mass is 16.4. The maximum absolute atomic E-state index is 10.8. The molecular weight excluding hydrogens is 168 g/mol. The molecule has 0 amide bonds. The van der Waals surface area contributed by atoms with Crippen molar-refractivity contribution in [2.45, 2.75) is 30.5 Å². The molecule has 1 aliphatic rings. The van der Waals surface area contributed by atoms with Gasteiger partial charge in [-0.3, -0.25) is 4.79 Å². The van der Waals surface area contributed by atoms with Crippen molar-refractivity contribution in [3.63, 3.8) is 0 Å². The van der Waals surface area contributed by atoms with E-state index in [1.54, 1.807) is 0 Å². The average molecular weight is 178 g/mol. The third kappa shape index (κ3) is 1.23. The predicted octanol–water partition coefficient (Wildman–Crippen LogP) is -3.63. The van der Waals surface area contributed by atoms with Gasteiger partial charge in [0.1, 0.15) is 30.5 Å². The first-order chi connectivity index (χ1) is 5.46. The van der Waals surface area contributed by atoms with Crippen LogP contribution in [0.25, 0.3) is 0 Å². The molecule has 1 aliphatic carbocycles. The summed E-state index contributed by atoms with van der Waals surface area (Å²) in [6, 6.07) is 0. The number of hydrogen-bond acceptors (Lipinski definition) is 6. The van der Waals surface area contributed by atoms with Crippen molar-refractivity contribution < 1.29 is 30.3 Å². The molecule has 6 nitrogen and oxygen atoms in total. The van der Waals surface area contributed by atoms with E-state index in [9.17, 15) is 4.79 Å². The molecule has 5 atom stereocenters. The van der Waals surface area contributed by atoms with Crippen LogP contribution in [-0.4, -0.2) is 61.8 Å². The average Bonchev–Trinajstić information content (AvgIpc) is 2.08. The van der Waals surface area contributed by atoms with Gasteiger partial charge in [0.25, 0.3) is 0 Å². The number of hydrogen-bond donors (Lipinski definition) is 5. The summed E-state index contributed by atoms with van der Waals surface area (Å²) in [6.07, 6.45) is -8.85. The number of ketones is 1. The van der Waals surface area contributed by atoms with E-state index in [0.29, 0.717) is 0 Å². The molecule has 5 N–H and O–H groups in total. The van der Waals surface area contributed by atoms with E-state index in [1.807, 2.05) is 0 Å². The predicted molar refractivity (Wildman–Crippen MR) is 35.0 cm³/mol. The van der Waals surface area contributed by atoms with Crippen molar-refractivity contribution in [1.82, 2.24) is 0 Å². The van der Waals surface area contributed by atoms with Crippen LogP contribution in [0.3, 0.4) is 0 Å². The maximum Gasteiger partial charge on any atom is 0.195 e. The largest absolute Gasteiger partial charge is 0.387 e. The molecule has 0 heterocycles. The molecule has 1 fully saturated rings. The lowest BCUT2D eigenvalue weighted by molar-refractivity contribution is -0.185. The van der Waals surface area contributed by atoms with Crippen molar-refractivity contribution in [1.29, 1.82) is 0 Å². The first-order valence-electron chi connectivity index (χ1n) is 3.41. The van der Waals surface area contributed by atoms with Gasteiger partial charge >= 0.3 is 0 Å². The van der Waals surface area contributed by atoms with Gasteiger partial charge in [-0.1, -0.05) is 0 Å². The molecule has 0 aromatic heterocycles. The quantitative estimate of drug-likeness (QED) is 0.261. The zero-order valence-electron chi connectivity index (χ0n) is 6.03. The minimum Gasteiger partial charge on any atom is -0.387 e. The fourth-order valence-electron chi connectivity index (χ4n) is 1.09. The summed E-state index contributed by atoms with van der Waals surface area (Å²) in [7, 11) is 0. The number of aliphatic hydroxyl groups is 5. The Labute approximate surface area is 67.7 Å². The Balaban J connectivity index is 2.83. The lowest BCUT2D eigenvalue weighted by Gasteiger charge is -2.34. The monoisotopic (exact) mass is 178 g/mol. The van der Waals surface area contributed by atoms with Gasteiger partial charge < -0.3 is 25.5 Å². The molecular formula is C6H10O6. The normalized spacial score (nSPS) is 49.4. The van der Waals surface area contributed by atoms with Gasteiger partial charge in [-0.15, -0.1) is 0 Å². The van der Waals surface area contributed by atoms with Gasteiger partial charge in [0.05, 0.1) is 0 Å². The molecule has 0 saturated heterocycles. The summed E-state index contributed by atoms with van der Waals surface area (Å²) in [5.74, 6) is -1.08. The van der Waals surface area contributed by atoms with Gasteiger partial charge in [0.2, 0.25) is 0 Å². The Morgan fingerprint density at radius 2 is 1.08 bits per heavy atom. The van der Waals surface area contributed by atoms with Crippen LogP contribution in [-0.2, 0) is 4.79 Å². The fraction of sp³-hybridized carbons (Fsp3) is 0.833. The maximum atomic E-state index is 10.8. The van der Waals surface area contributed by atoms with Gasteiger partial charge in [-0.25, -0.2) is 0 Å². The zero-order chi connectivity index (χ0) is 9.46. The summed E-state index contributed by atoms with van der Waals surface area (Å²) in [5.41, 5.74) is 0. The topological polar surface area (TPSA) is 118 Å². The standard InChI is InChI=1S/C6H10O6/c7-1-2(8)4(10)6(12)5(11)3(1)9/h1-5,7-11H/t1?,2-,3+,4?,5?. The van der Waals surface area contributed by atoms with Gasteiger partial charge in [0.15, 0.2) is 5.78 Å². The highest BCUT2D eigenvalue weighted by molar-refractivity contribution is 5.89. The summed E-state index contributed by atoms with van der Waals surface area (Å²) in [6.45, 7) is 0. The molecule has 0 radical (unpaired) electrons. The van der Waals surface area contributed by atoms with E-state index in [4.69, 9.17) is 25.5 Å². The third-order valence-electron chi connectivity index (χ3n) is 1.93. The first kappa shape index (κ1) is 9.56. The van der Waals surface area contributed by atoms with E-state index in [2.05, 4.69) is 0 Å². The van der Waals surface area contributed by atoms with E-state index in [1.165, 1.54) is 0 Å². The van der Waals surface area contributed by atoms with E-state index >= 15 is 0 Å². The summed E-state index contributed by atoms with van der Waals surface area (Å²) >= 11 is 0. The van der Waals surface area contributed by atoms with Gasteiger partial charge in [-0.2, -0.15) is 0 Å². The van der Waals surface area contributed by atoms with Gasteiger partial charge in [-0.05, 0) is 0 Å². The molecule has 3 unspecified atom stereocenters. The molecule has 0 spiro atoms. The van der Waals surface area contributed by atoms with Crippen LogP contribution < -0.4 is 0 Å². The Kier molecular flexibility index (Phi) is 2.45. The second kappa shape index (κ2) is 3.08. The third-order valence-corrected chi connectivity index (χ3v) is 1.93. The van der Waals surface area contributed by atoms with E-state index < -0.39 is 36.3 Å².